The Balaban J connectivity index is 1.72. The molecular formula is C15H15N3O2. The quantitative estimate of drug-likeness (QED) is 0.727. The molecule has 0 spiro atoms. The minimum Gasteiger partial charge on any atom is -0.484 e. The van der Waals surface area contributed by atoms with Crippen molar-refractivity contribution in [1.82, 2.24) is 15.1 Å². The van der Waals surface area contributed by atoms with Gasteiger partial charge in [0.05, 0.1) is 11.7 Å². The Hall–Kier alpha value is -2.43. The van der Waals surface area contributed by atoms with E-state index < -0.39 is 0 Å². The largest absolute Gasteiger partial charge is 0.484 e. The van der Waals surface area contributed by atoms with Gasteiger partial charge in [-0.2, -0.15) is 4.98 Å². The van der Waals surface area contributed by atoms with Crippen LogP contribution in [0.4, 0.5) is 0 Å². The summed E-state index contributed by atoms with van der Waals surface area (Å²) in [4.78, 5) is 8.60. The number of ether oxygens (including phenoxy) is 1. The van der Waals surface area contributed by atoms with Gasteiger partial charge in [-0.1, -0.05) is 37.2 Å². The third-order valence-electron chi connectivity index (χ3n) is 2.91. The second-order valence-electron chi connectivity index (χ2n) is 4.86. The van der Waals surface area contributed by atoms with E-state index in [9.17, 15) is 0 Å². The normalized spacial score (nSPS) is 11.2. The summed E-state index contributed by atoms with van der Waals surface area (Å²) in [5.74, 6) is 2.08. The Kier molecular flexibility index (Phi) is 3.33. The topological polar surface area (TPSA) is 61.0 Å². The number of aromatic nitrogens is 3. The smallest absolute Gasteiger partial charge is 0.229 e. The summed E-state index contributed by atoms with van der Waals surface area (Å²) >= 11 is 0. The molecule has 0 saturated carbocycles. The molecule has 3 aromatic rings. The predicted molar refractivity (Wildman–Crippen MR) is 74.5 cm³/mol. The maximum atomic E-state index is 5.65. The zero-order valence-electron chi connectivity index (χ0n) is 11.4. The Morgan fingerprint density at radius 1 is 1.25 bits per heavy atom. The zero-order chi connectivity index (χ0) is 13.9. The standard InChI is InChI=1S/C15H15N3O2/c1-10(2)15-17-14(18-20-15)9-19-12-7-11-5-3-4-6-13(11)16-8-12/h3-8,10H,9H2,1-2H3. The molecule has 0 atom stereocenters. The van der Waals surface area contributed by atoms with Crippen molar-refractivity contribution < 1.29 is 9.26 Å². The summed E-state index contributed by atoms with van der Waals surface area (Å²) in [6.07, 6.45) is 1.70. The number of nitrogens with zero attached hydrogens (tertiary/aromatic N) is 3. The fourth-order valence-corrected chi connectivity index (χ4v) is 1.84. The van der Waals surface area contributed by atoms with E-state index in [2.05, 4.69) is 15.1 Å². The fraction of sp³-hybridized carbons (Fsp3) is 0.267. The maximum Gasteiger partial charge on any atom is 0.229 e. The SMILES string of the molecule is CC(C)c1nc(COc2cnc3ccccc3c2)no1. The molecular weight excluding hydrogens is 254 g/mol. The van der Waals surface area contributed by atoms with E-state index in [1.54, 1.807) is 6.20 Å². The number of hydrogen-bond acceptors (Lipinski definition) is 5. The third-order valence-corrected chi connectivity index (χ3v) is 2.91. The van der Waals surface area contributed by atoms with E-state index in [-0.39, 0.29) is 12.5 Å². The summed E-state index contributed by atoms with van der Waals surface area (Å²) in [7, 11) is 0. The van der Waals surface area contributed by atoms with Crippen molar-refractivity contribution in [2.75, 3.05) is 0 Å². The minimum absolute atomic E-state index is 0.221. The minimum atomic E-state index is 0.221. The van der Waals surface area contributed by atoms with E-state index in [1.165, 1.54) is 0 Å². The second-order valence-corrected chi connectivity index (χ2v) is 4.86. The van der Waals surface area contributed by atoms with Gasteiger partial charge in [-0.3, -0.25) is 4.98 Å². The van der Waals surface area contributed by atoms with Crippen LogP contribution < -0.4 is 4.74 Å². The van der Waals surface area contributed by atoms with Gasteiger partial charge < -0.3 is 9.26 Å². The van der Waals surface area contributed by atoms with E-state index in [0.717, 1.165) is 10.9 Å². The van der Waals surface area contributed by atoms with Crippen molar-refractivity contribution in [1.29, 1.82) is 0 Å². The van der Waals surface area contributed by atoms with Gasteiger partial charge in [0, 0.05) is 11.3 Å². The van der Waals surface area contributed by atoms with E-state index in [0.29, 0.717) is 17.5 Å². The van der Waals surface area contributed by atoms with Crippen LogP contribution in [0.2, 0.25) is 0 Å². The van der Waals surface area contributed by atoms with Gasteiger partial charge in [0.1, 0.15) is 5.75 Å². The average molecular weight is 269 g/mol. The van der Waals surface area contributed by atoms with Crippen molar-refractivity contribution in [2.45, 2.75) is 26.4 Å². The number of rotatable bonds is 4. The molecule has 5 heteroatoms. The number of benzene rings is 1. The van der Waals surface area contributed by atoms with Crippen LogP contribution in [0, 0.1) is 0 Å². The predicted octanol–water partition coefficient (Wildman–Crippen LogP) is 3.32. The van der Waals surface area contributed by atoms with Gasteiger partial charge in [0.25, 0.3) is 0 Å². The first-order chi connectivity index (χ1) is 9.72. The van der Waals surface area contributed by atoms with Crippen LogP contribution in [0.5, 0.6) is 5.75 Å². The molecule has 3 rings (SSSR count). The molecule has 0 unspecified atom stereocenters. The maximum absolute atomic E-state index is 5.65. The molecule has 5 nitrogen and oxygen atoms in total. The lowest BCUT2D eigenvalue weighted by Gasteiger charge is -2.04. The molecule has 0 saturated heterocycles. The molecule has 0 aliphatic heterocycles. The number of para-hydroxylation sites is 1. The van der Waals surface area contributed by atoms with E-state index >= 15 is 0 Å². The van der Waals surface area contributed by atoms with Gasteiger partial charge in [0.15, 0.2) is 6.61 Å². The lowest BCUT2D eigenvalue weighted by Crippen LogP contribution is -1.98. The van der Waals surface area contributed by atoms with Crippen LogP contribution in [-0.2, 0) is 6.61 Å². The first-order valence-corrected chi connectivity index (χ1v) is 6.52. The molecule has 0 bridgehead atoms. The fourth-order valence-electron chi connectivity index (χ4n) is 1.84. The van der Waals surface area contributed by atoms with Gasteiger partial charge >= 0.3 is 0 Å². The molecule has 0 N–H and O–H groups in total. The number of hydrogen-bond donors (Lipinski definition) is 0. The van der Waals surface area contributed by atoms with Gasteiger partial charge in [-0.05, 0) is 12.1 Å². The molecule has 0 radical (unpaired) electrons. The monoisotopic (exact) mass is 269 g/mol. The van der Waals surface area contributed by atoms with Crippen LogP contribution in [0.15, 0.2) is 41.1 Å². The van der Waals surface area contributed by atoms with E-state index in [1.807, 2.05) is 44.2 Å². The zero-order valence-corrected chi connectivity index (χ0v) is 11.4. The summed E-state index contributed by atoms with van der Waals surface area (Å²) < 4.78 is 10.8. The van der Waals surface area contributed by atoms with Crippen molar-refractivity contribution in [2.24, 2.45) is 0 Å². The van der Waals surface area contributed by atoms with E-state index in [4.69, 9.17) is 9.26 Å². The molecule has 2 heterocycles. The molecule has 0 amide bonds. The Morgan fingerprint density at radius 3 is 2.90 bits per heavy atom. The van der Waals surface area contributed by atoms with Crippen LogP contribution in [0.3, 0.4) is 0 Å². The highest BCUT2D eigenvalue weighted by Crippen LogP contribution is 2.19. The van der Waals surface area contributed by atoms with Gasteiger partial charge in [0.2, 0.25) is 11.7 Å². The van der Waals surface area contributed by atoms with Crippen molar-refractivity contribution in [3.63, 3.8) is 0 Å². The Bertz CT molecular complexity index is 722. The molecule has 102 valence electrons. The lowest BCUT2D eigenvalue weighted by atomic mass is 10.2. The molecule has 20 heavy (non-hydrogen) atoms. The van der Waals surface area contributed by atoms with Crippen LogP contribution in [-0.4, -0.2) is 15.1 Å². The summed E-state index contributed by atoms with van der Waals surface area (Å²) in [5, 5.41) is 4.93. The Labute approximate surface area is 116 Å². The molecule has 2 aromatic heterocycles. The third kappa shape index (κ3) is 2.61. The molecule has 0 fully saturated rings. The van der Waals surface area contributed by atoms with Crippen LogP contribution >= 0.6 is 0 Å². The lowest BCUT2D eigenvalue weighted by molar-refractivity contribution is 0.284. The second kappa shape index (κ2) is 5.28. The van der Waals surface area contributed by atoms with Crippen LogP contribution in [0.25, 0.3) is 10.9 Å². The van der Waals surface area contributed by atoms with Crippen molar-refractivity contribution >= 4 is 10.9 Å². The first kappa shape index (κ1) is 12.6. The summed E-state index contributed by atoms with van der Waals surface area (Å²) in [5.41, 5.74) is 0.946. The Morgan fingerprint density at radius 2 is 2.10 bits per heavy atom. The molecule has 0 aliphatic rings. The number of pyridine rings is 1. The van der Waals surface area contributed by atoms with Crippen molar-refractivity contribution in [3.05, 3.63) is 48.2 Å². The highest BCUT2D eigenvalue weighted by Gasteiger charge is 2.10. The van der Waals surface area contributed by atoms with Gasteiger partial charge in [-0.25, -0.2) is 0 Å². The highest BCUT2D eigenvalue weighted by molar-refractivity contribution is 5.79. The molecule has 1 aromatic carbocycles. The molecule has 0 aliphatic carbocycles. The van der Waals surface area contributed by atoms with Crippen LogP contribution in [0.1, 0.15) is 31.5 Å². The van der Waals surface area contributed by atoms with Gasteiger partial charge in [-0.15, -0.1) is 0 Å². The first-order valence-electron chi connectivity index (χ1n) is 6.52. The van der Waals surface area contributed by atoms with Crippen molar-refractivity contribution in [3.8, 4) is 5.75 Å². The summed E-state index contributed by atoms with van der Waals surface area (Å²) in [6.45, 7) is 4.28. The number of fused-ring (bicyclic) bond motifs is 1. The summed E-state index contributed by atoms with van der Waals surface area (Å²) in [6, 6.07) is 9.85. The highest BCUT2D eigenvalue weighted by atomic mass is 16.5. The average Bonchev–Trinajstić information content (AvgIpc) is 2.94.